The first-order chi connectivity index (χ1) is 42.5. The lowest BCUT2D eigenvalue weighted by molar-refractivity contribution is -0.167. The Morgan fingerprint density at radius 2 is 0.719 bits per heavy atom. The minimum atomic E-state index is -6.47. The number of anilines is 2. The average molecular weight is 1310 g/mol. The number of imidazole rings is 2. The molecule has 4 aromatic heterocycles. The third-order valence-electron chi connectivity index (χ3n) is 13.2. The van der Waals surface area contributed by atoms with E-state index < -0.39 is 117 Å². The number of phosphoric acid groups is 4. The van der Waals surface area contributed by atoms with Gasteiger partial charge in [0.25, 0.3) is 0 Å². The monoisotopic (exact) mass is 1310 g/mol. The fourth-order valence-electron chi connectivity index (χ4n) is 9.41. The Labute approximate surface area is 502 Å². The van der Waals surface area contributed by atoms with Gasteiger partial charge in [0.05, 0.1) is 51.6 Å². The Hall–Kier alpha value is -8.06. The van der Waals surface area contributed by atoms with Crippen LogP contribution in [0.3, 0.4) is 0 Å². The van der Waals surface area contributed by atoms with Crippen molar-refractivity contribution in [3.8, 4) is 0 Å². The summed E-state index contributed by atoms with van der Waals surface area (Å²) in [5, 5.41) is 0. The average Bonchev–Trinajstić information content (AvgIpc) is 1.68. The zero-order chi connectivity index (χ0) is 63.1. The van der Waals surface area contributed by atoms with E-state index in [0.717, 1.165) is 12.7 Å². The summed E-state index contributed by atoms with van der Waals surface area (Å²) in [4.78, 5) is 122. The third kappa shape index (κ3) is 16.4. The van der Waals surface area contributed by atoms with Crippen LogP contribution in [-0.2, 0) is 114 Å². The molecule has 4 aromatic carbocycles. The van der Waals surface area contributed by atoms with E-state index in [1.807, 2.05) is 0 Å². The lowest BCUT2D eigenvalue weighted by Gasteiger charge is -2.25. The quantitative estimate of drug-likeness (QED) is 0.0242. The molecular weight excluding hydrogens is 1260 g/mol. The number of nitrogen functional groups attached to an aromatic ring is 2. The first-order valence-corrected chi connectivity index (χ1v) is 32.3. The molecule has 37 heteroatoms. The van der Waals surface area contributed by atoms with Crippen molar-refractivity contribution in [2.75, 3.05) is 24.7 Å². The van der Waals surface area contributed by atoms with Gasteiger partial charge in [-0.2, -0.15) is 12.9 Å². The van der Waals surface area contributed by atoms with Crippen molar-refractivity contribution in [1.82, 2.24) is 39.0 Å². The summed E-state index contributed by atoms with van der Waals surface area (Å²) in [6, 6.07) is 33.1. The highest BCUT2D eigenvalue weighted by Gasteiger charge is 2.55. The van der Waals surface area contributed by atoms with Gasteiger partial charge in [-0.15, -0.1) is 0 Å². The molecule has 4 unspecified atom stereocenters. The predicted octanol–water partition coefficient (Wildman–Crippen LogP) is 4.73. The molecule has 468 valence electrons. The molecule has 0 bridgehead atoms. The molecule has 8 N–H and O–H groups in total. The minimum absolute atomic E-state index is 0.0167. The molecule has 0 amide bonds. The topological polar surface area (TPSA) is 458 Å². The van der Waals surface area contributed by atoms with Crippen molar-refractivity contribution in [2.24, 2.45) is 0 Å². The highest BCUT2D eigenvalue weighted by atomic mass is 31.3. The van der Waals surface area contributed by atoms with Gasteiger partial charge < -0.3 is 59.5 Å². The number of hydrogen-bond donors (Lipinski definition) is 6. The molecular formula is C52H52N10O23P4. The first kappa shape index (κ1) is 63.9. The first-order valence-electron chi connectivity index (χ1n) is 26.3. The van der Waals surface area contributed by atoms with Crippen LogP contribution in [0.1, 0.15) is 34.7 Å². The van der Waals surface area contributed by atoms with E-state index in [4.69, 9.17) is 48.9 Å². The fraction of sp³-hybridized carbons (Fsp3) is 0.269. The van der Waals surface area contributed by atoms with Crippen LogP contribution in [-0.4, -0.2) is 132 Å². The van der Waals surface area contributed by atoms with Crippen LogP contribution in [0, 0.1) is 0 Å². The van der Waals surface area contributed by atoms with Crippen molar-refractivity contribution < 1.29 is 107 Å². The lowest BCUT2D eigenvalue weighted by atomic mass is 10.1. The van der Waals surface area contributed by atoms with Gasteiger partial charge in [-0.3, -0.25) is 37.4 Å². The van der Waals surface area contributed by atoms with E-state index >= 15 is 0 Å². The highest BCUT2D eigenvalue weighted by Crippen LogP contribution is 2.71. The molecule has 8 aromatic rings. The Morgan fingerprint density at radius 1 is 0.427 bits per heavy atom. The van der Waals surface area contributed by atoms with Gasteiger partial charge in [-0.05, 0) is 22.3 Å². The molecule has 0 spiro atoms. The Balaban J connectivity index is 0.845. The zero-order valence-electron chi connectivity index (χ0n) is 45.8. The molecule has 89 heavy (non-hydrogen) atoms. The summed E-state index contributed by atoms with van der Waals surface area (Å²) in [5.41, 5.74) is 14.2. The SMILES string of the molecule is Nc1ncnc2c1ncn2[C@@H]1O[C@H](COP(=O)(O)OP(=O)(O)OP(=O)(O)OP(=O)(O)OC[C@H]2O[C@H](n3cnc4c(N)ncnc43)[C@@H](OC(=O)Cc3ccccc3)[C@H]2OC(=O)Cc2ccccc2)[C@@H](OC(=O)Cc2ccccc2)[C@H]1OC(=O)Cc1ccccc1. The number of nitrogens with two attached hydrogens (primary N) is 2. The van der Waals surface area contributed by atoms with Gasteiger partial charge in [-0.1, -0.05) is 121 Å². The molecule has 0 saturated carbocycles. The smallest absolute Gasteiger partial charge is 0.455 e. The summed E-state index contributed by atoms with van der Waals surface area (Å²) >= 11 is 0. The lowest BCUT2D eigenvalue weighted by Crippen LogP contribution is -2.41. The van der Waals surface area contributed by atoms with E-state index in [1.54, 1.807) is 121 Å². The maximum atomic E-state index is 13.7. The summed E-state index contributed by atoms with van der Waals surface area (Å²) < 4.78 is 115. The Kier molecular flexibility index (Phi) is 19.7. The number of esters is 4. The molecule has 2 fully saturated rings. The van der Waals surface area contributed by atoms with Crippen LogP contribution < -0.4 is 11.5 Å². The van der Waals surface area contributed by atoms with E-state index in [0.29, 0.717) is 22.3 Å². The van der Waals surface area contributed by atoms with Crippen LogP contribution in [0.5, 0.6) is 0 Å². The maximum absolute atomic E-state index is 13.7. The van der Waals surface area contributed by atoms with Crippen LogP contribution >= 0.6 is 31.3 Å². The second kappa shape index (κ2) is 27.4. The van der Waals surface area contributed by atoms with Crippen LogP contribution in [0.2, 0.25) is 0 Å². The summed E-state index contributed by atoms with van der Waals surface area (Å²) in [6.07, 6.45) is -10.2. The largest absolute Gasteiger partial charge is 0.490 e. The van der Waals surface area contributed by atoms with Gasteiger partial charge in [0.15, 0.2) is 59.8 Å². The second-order valence-corrected chi connectivity index (χ2v) is 25.7. The highest BCUT2D eigenvalue weighted by molar-refractivity contribution is 7.69. The summed E-state index contributed by atoms with van der Waals surface area (Å²) in [6.45, 7) is -2.45. The Morgan fingerprint density at radius 3 is 1.03 bits per heavy atom. The predicted molar refractivity (Wildman–Crippen MR) is 302 cm³/mol. The molecule has 10 rings (SSSR count). The third-order valence-corrected chi connectivity index (χ3v) is 19.1. The molecule has 2 aliphatic rings. The number of carbonyl (C=O) groups excluding carboxylic acids is 4. The van der Waals surface area contributed by atoms with Crippen molar-refractivity contribution in [2.45, 2.75) is 74.8 Å². The van der Waals surface area contributed by atoms with Gasteiger partial charge in [0, 0.05) is 0 Å². The van der Waals surface area contributed by atoms with Gasteiger partial charge in [0.1, 0.15) is 35.9 Å². The van der Waals surface area contributed by atoms with Crippen molar-refractivity contribution in [3.05, 3.63) is 169 Å². The van der Waals surface area contributed by atoms with Crippen LogP contribution in [0.4, 0.5) is 11.6 Å². The second-order valence-electron chi connectivity index (χ2n) is 19.5. The van der Waals surface area contributed by atoms with E-state index in [-0.39, 0.29) is 59.6 Å². The van der Waals surface area contributed by atoms with E-state index in [9.17, 15) is 57.0 Å². The van der Waals surface area contributed by atoms with Crippen molar-refractivity contribution >= 4 is 89.1 Å². The van der Waals surface area contributed by atoms with Crippen LogP contribution in [0.25, 0.3) is 22.3 Å². The Bertz CT molecular complexity index is 3790. The molecule has 6 heterocycles. The number of nitrogens with zero attached hydrogens (tertiary/aromatic N) is 8. The normalized spacial score (nSPS) is 22.7. The van der Waals surface area contributed by atoms with Gasteiger partial charge in [-0.25, -0.2) is 48.2 Å². The number of rotatable bonds is 26. The maximum Gasteiger partial charge on any atom is 0.490 e. The zero-order valence-corrected chi connectivity index (χ0v) is 49.4. The number of phosphoric ester groups is 2. The van der Waals surface area contributed by atoms with Gasteiger partial charge >= 0.3 is 55.2 Å². The van der Waals surface area contributed by atoms with Gasteiger partial charge in [0.2, 0.25) is 0 Å². The van der Waals surface area contributed by atoms with Crippen molar-refractivity contribution in [1.29, 1.82) is 0 Å². The molecule has 0 aliphatic carbocycles. The number of hydrogen-bond acceptors (Lipinski definition) is 27. The number of ether oxygens (including phenoxy) is 6. The van der Waals surface area contributed by atoms with Crippen molar-refractivity contribution in [3.63, 3.8) is 0 Å². The van der Waals surface area contributed by atoms with Crippen LogP contribution in [0.15, 0.2) is 147 Å². The molecule has 2 aliphatic heterocycles. The molecule has 2 saturated heterocycles. The minimum Gasteiger partial charge on any atom is -0.455 e. The van der Waals surface area contributed by atoms with E-state index in [2.05, 4.69) is 42.8 Å². The number of benzene rings is 4. The summed E-state index contributed by atoms with van der Waals surface area (Å²) in [5.74, 6) is -3.76. The number of fused-ring (bicyclic) bond motifs is 2. The molecule has 0 radical (unpaired) electrons. The van der Waals surface area contributed by atoms with E-state index in [1.165, 1.54) is 21.8 Å². The number of carbonyl (C=O) groups is 4. The number of aromatic nitrogens is 8. The fourth-order valence-corrected chi connectivity index (χ4v) is 14.4. The molecule has 33 nitrogen and oxygen atoms in total. The standard InChI is InChI=1S/C52H52N10O23P4/c53-47-41-49(57-27-55-47)61(29-59-41)51-45(81-39(65)23-33-17-9-3-10-18-33)43(79-37(63)21-31-13-5-1-6-14-31)35(77-51)25-75-86(67,68)83-88(71,72)85-89(73,74)84-87(69,70)76-26-36-44(80-38(64)22-32-15-7-2-8-16-32)46(82-40(66)24-34-19-11-4-12-20-34)52(78-36)62-30-60-42-48(54)56-28-58-50(42)62/h1-20,27-30,35-36,43-46,51-52H,21-26H2,(H,67,68)(H,69,70)(H,71,72)(H,73,74)(H2,53,55,57)(H2,54,56,58)/t35-,36-,43-,44+,45-,46+,51-,52+/m1/s1. The summed E-state index contributed by atoms with van der Waals surface area (Å²) in [7, 11) is -25.1. The molecule has 12 atom stereocenters.